The number of aromatic amines is 1. The number of H-pyrrole nitrogens is 1. The first-order chi connectivity index (χ1) is 13.9. The molecule has 29 heavy (non-hydrogen) atoms. The number of esters is 1. The van der Waals surface area contributed by atoms with Gasteiger partial charge in [-0.25, -0.2) is 4.79 Å². The molecule has 6 nitrogen and oxygen atoms in total. The minimum absolute atomic E-state index is 0.229. The minimum Gasteiger partial charge on any atom is -0.481 e. The molecule has 0 unspecified atom stereocenters. The van der Waals surface area contributed by atoms with E-state index in [-0.39, 0.29) is 19.1 Å². The molecule has 2 N–H and O–H groups in total. The molecule has 1 amide bonds. The quantitative estimate of drug-likeness (QED) is 0.574. The lowest BCUT2D eigenvalue weighted by Crippen LogP contribution is -2.31. The number of carbonyl (C=O) groups excluding carboxylic acids is 2. The Balaban J connectivity index is 1.38. The predicted molar refractivity (Wildman–Crippen MR) is 112 cm³/mol. The van der Waals surface area contributed by atoms with Crippen molar-refractivity contribution in [1.82, 2.24) is 10.3 Å². The molecule has 0 saturated heterocycles. The summed E-state index contributed by atoms with van der Waals surface area (Å²) in [5.41, 5.74) is 5.27. The van der Waals surface area contributed by atoms with Crippen LogP contribution in [0.5, 0.6) is 5.75 Å². The Labute approximate surface area is 170 Å². The fourth-order valence-electron chi connectivity index (χ4n) is 3.44. The number of hydrogen-bond donors (Lipinski definition) is 2. The first kappa shape index (κ1) is 20.5. The lowest BCUT2D eigenvalue weighted by atomic mass is 10.1. The monoisotopic (exact) mass is 394 g/mol. The first-order valence-electron chi connectivity index (χ1n) is 9.62. The molecule has 3 aromatic rings. The fraction of sp³-hybridized carbons (Fsp3) is 0.304. The summed E-state index contributed by atoms with van der Waals surface area (Å²) in [6.07, 6.45) is 2.64. The van der Waals surface area contributed by atoms with Gasteiger partial charge >= 0.3 is 5.97 Å². The van der Waals surface area contributed by atoms with Crippen molar-refractivity contribution < 1.29 is 19.1 Å². The van der Waals surface area contributed by atoms with Crippen LogP contribution in [0.4, 0.5) is 0 Å². The van der Waals surface area contributed by atoms with E-state index in [4.69, 9.17) is 9.47 Å². The van der Waals surface area contributed by atoms with Gasteiger partial charge in [-0.05, 0) is 49.9 Å². The predicted octanol–water partition coefficient (Wildman–Crippen LogP) is 3.37. The van der Waals surface area contributed by atoms with Gasteiger partial charge in [0.15, 0.2) is 13.2 Å². The molecule has 0 aliphatic rings. The molecule has 0 aliphatic heterocycles. The molecule has 6 heteroatoms. The van der Waals surface area contributed by atoms with Gasteiger partial charge in [-0.15, -0.1) is 0 Å². The van der Waals surface area contributed by atoms with Crippen molar-refractivity contribution in [1.29, 1.82) is 0 Å². The SMILES string of the molecule is Cc1cc(C)c(OCC(=O)OCC(=O)NCCc2c[nH]c3ccccc23)c(C)c1. The minimum atomic E-state index is -0.573. The number of ether oxygens (including phenoxy) is 2. The van der Waals surface area contributed by atoms with Crippen LogP contribution in [-0.2, 0) is 20.7 Å². The van der Waals surface area contributed by atoms with Gasteiger partial charge in [0.2, 0.25) is 0 Å². The van der Waals surface area contributed by atoms with Gasteiger partial charge < -0.3 is 19.8 Å². The van der Waals surface area contributed by atoms with Crippen LogP contribution < -0.4 is 10.1 Å². The number of nitrogens with one attached hydrogen (secondary N) is 2. The van der Waals surface area contributed by atoms with Crippen LogP contribution in [0, 0.1) is 20.8 Å². The molecule has 0 saturated carbocycles. The van der Waals surface area contributed by atoms with Crippen molar-refractivity contribution >= 4 is 22.8 Å². The number of hydrogen-bond acceptors (Lipinski definition) is 4. The van der Waals surface area contributed by atoms with Gasteiger partial charge in [-0.2, -0.15) is 0 Å². The first-order valence-corrected chi connectivity index (χ1v) is 9.62. The molecule has 152 valence electrons. The lowest BCUT2D eigenvalue weighted by molar-refractivity contribution is -0.150. The highest BCUT2D eigenvalue weighted by Crippen LogP contribution is 2.24. The van der Waals surface area contributed by atoms with E-state index in [9.17, 15) is 9.59 Å². The number of benzene rings is 2. The third kappa shape index (κ3) is 5.38. The molecule has 0 atom stereocenters. The second kappa shape index (κ2) is 9.28. The van der Waals surface area contributed by atoms with E-state index < -0.39 is 5.97 Å². The number of amides is 1. The van der Waals surface area contributed by atoms with Gasteiger partial charge in [-0.1, -0.05) is 35.9 Å². The van der Waals surface area contributed by atoms with Crippen molar-refractivity contribution in [2.75, 3.05) is 19.8 Å². The highest BCUT2D eigenvalue weighted by atomic mass is 16.6. The van der Waals surface area contributed by atoms with Crippen LogP contribution in [0.25, 0.3) is 10.9 Å². The van der Waals surface area contributed by atoms with E-state index in [1.54, 1.807) is 0 Å². The van der Waals surface area contributed by atoms with Gasteiger partial charge in [0.1, 0.15) is 5.75 Å². The van der Waals surface area contributed by atoms with Crippen molar-refractivity contribution in [3.8, 4) is 5.75 Å². The molecule has 3 rings (SSSR count). The van der Waals surface area contributed by atoms with Gasteiger partial charge in [0, 0.05) is 23.6 Å². The van der Waals surface area contributed by atoms with Crippen molar-refractivity contribution in [3.05, 3.63) is 64.8 Å². The van der Waals surface area contributed by atoms with Crippen molar-refractivity contribution in [2.45, 2.75) is 27.2 Å². The standard InChI is InChI=1S/C23H26N2O4/c1-15-10-16(2)23(17(3)11-15)29-14-22(27)28-13-21(26)24-9-8-18-12-25-20-7-5-4-6-19(18)20/h4-7,10-12,25H,8-9,13-14H2,1-3H3,(H,24,26). The summed E-state index contributed by atoms with van der Waals surface area (Å²) in [5, 5.41) is 3.91. The second-order valence-electron chi connectivity index (χ2n) is 7.14. The third-order valence-electron chi connectivity index (χ3n) is 4.69. The van der Waals surface area contributed by atoms with Crippen molar-refractivity contribution in [3.63, 3.8) is 0 Å². The number of aryl methyl sites for hydroxylation is 3. The van der Waals surface area contributed by atoms with Crippen LogP contribution in [0.15, 0.2) is 42.6 Å². The van der Waals surface area contributed by atoms with Crippen molar-refractivity contribution in [2.24, 2.45) is 0 Å². The summed E-state index contributed by atoms with van der Waals surface area (Å²) < 4.78 is 10.6. The zero-order chi connectivity index (χ0) is 20.8. The number of carbonyl (C=O) groups is 2. The highest BCUT2D eigenvalue weighted by molar-refractivity contribution is 5.83. The van der Waals surface area contributed by atoms with E-state index in [0.29, 0.717) is 18.7 Å². The summed E-state index contributed by atoms with van der Waals surface area (Å²) in [4.78, 5) is 27.0. The maximum atomic E-state index is 11.9. The Kier molecular flexibility index (Phi) is 6.54. The van der Waals surface area contributed by atoms with E-state index >= 15 is 0 Å². The molecule has 1 heterocycles. The summed E-state index contributed by atoms with van der Waals surface area (Å²) in [6.45, 7) is 5.80. The maximum absolute atomic E-state index is 11.9. The highest BCUT2D eigenvalue weighted by Gasteiger charge is 2.11. The largest absolute Gasteiger partial charge is 0.481 e. The Morgan fingerprint density at radius 3 is 2.52 bits per heavy atom. The number of rotatable bonds is 8. The van der Waals surface area contributed by atoms with Gasteiger partial charge in [0.25, 0.3) is 5.91 Å². The second-order valence-corrected chi connectivity index (χ2v) is 7.14. The third-order valence-corrected chi connectivity index (χ3v) is 4.69. The van der Waals surface area contributed by atoms with Crippen LogP contribution in [0.3, 0.4) is 0 Å². The van der Waals surface area contributed by atoms with E-state index in [1.807, 2.05) is 63.4 Å². The molecular weight excluding hydrogens is 368 g/mol. The van der Waals surface area contributed by atoms with E-state index in [1.165, 1.54) is 0 Å². The van der Waals surface area contributed by atoms with Crippen LogP contribution in [0.1, 0.15) is 22.3 Å². The normalized spacial score (nSPS) is 10.7. The molecule has 0 fully saturated rings. The molecule has 0 aliphatic carbocycles. The average molecular weight is 394 g/mol. The zero-order valence-electron chi connectivity index (χ0n) is 17.0. The summed E-state index contributed by atoms with van der Waals surface area (Å²) in [6, 6.07) is 12.0. The van der Waals surface area contributed by atoms with Gasteiger partial charge in [-0.3, -0.25) is 4.79 Å². The fourth-order valence-corrected chi connectivity index (χ4v) is 3.44. The molecule has 1 aromatic heterocycles. The molecule has 0 spiro atoms. The maximum Gasteiger partial charge on any atom is 0.344 e. The summed E-state index contributed by atoms with van der Waals surface area (Å²) in [5.74, 6) is -0.229. The van der Waals surface area contributed by atoms with Gasteiger partial charge in [0.05, 0.1) is 0 Å². The number of para-hydroxylation sites is 1. The van der Waals surface area contributed by atoms with E-state index in [0.717, 1.165) is 33.2 Å². The van der Waals surface area contributed by atoms with Crippen LogP contribution in [-0.4, -0.2) is 36.6 Å². The Morgan fingerprint density at radius 1 is 1.03 bits per heavy atom. The molecule has 2 aromatic carbocycles. The Hall–Kier alpha value is -3.28. The lowest BCUT2D eigenvalue weighted by Gasteiger charge is -2.12. The molecule has 0 radical (unpaired) electrons. The smallest absolute Gasteiger partial charge is 0.344 e. The summed E-state index contributed by atoms with van der Waals surface area (Å²) in [7, 11) is 0. The zero-order valence-corrected chi connectivity index (χ0v) is 17.0. The number of fused-ring (bicyclic) bond motifs is 1. The Bertz CT molecular complexity index is 1000. The van der Waals surface area contributed by atoms with E-state index in [2.05, 4.69) is 10.3 Å². The Morgan fingerprint density at radius 2 is 1.76 bits per heavy atom. The molecule has 0 bridgehead atoms. The number of aromatic nitrogens is 1. The average Bonchev–Trinajstić information content (AvgIpc) is 3.09. The molecular formula is C23H26N2O4. The van der Waals surface area contributed by atoms with Crippen LogP contribution in [0.2, 0.25) is 0 Å². The summed E-state index contributed by atoms with van der Waals surface area (Å²) >= 11 is 0. The topological polar surface area (TPSA) is 80.4 Å². The van der Waals surface area contributed by atoms with Crippen LogP contribution >= 0.6 is 0 Å².